The number of phenolic OH excluding ortho intramolecular Hbond substituents is 1. The molecule has 1 N–H and O–H groups in total. The molecule has 4 heteroatoms. The predicted octanol–water partition coefficient (Wildman–Crippen LogP) is 3.64. The molecule has 3 nitrogen and oxygen atoms in total. The van der Waals surface area contributed by atoms with Crippen molar-refractivity contribution in [1.82, 2.24) is 0 Å². The van der Waals surface area contributed by atoms with Gasteiger partial charge in [0.1, 0.15) is 5.75 Å². The summed E-state index contributed by atoms with van der Waals surface area (Å²) in [6.45, 7) is 1.95. The van der Waals surface area contributed by atoms with Crippen LogP contribution in [0.15, 0.2) is 52.3 Å². The molecule has 0 fully saturated rings. The summed E-state index contributed by atoms with van der Waals surface area (Å²) >= 11 is 1.59. The van der Waals surface area contributed by atoms with Crippen LogP contribution in [0.4, 0.5) is 0 Å². The third-order valence-electron chi connectivity index (χ3n) is 2.66. The normalized spacial score (nSPS) is 10.2. The van der Waals surface area contributed by atoms with E-state index in [0.29, 0.717) is 5.56 Å². The van der Waals surface area contributed by atoms with Gasteiger partial charge in [0, 0.05) is 9.79 Å². The zero-order valence-electron chi connectivity index (χ0n) is 10.7. The van der Waals surface area contributed by atoms with E-state index in [9.17, 15) is 9.90 Å². The van der Waals surface area contributed by atoms with Crippen molar-refractivity contribution >= 4 is 17.7 Å². The number of hydrogen-bond acceptors (Lipinski definition) is 4. The Morgan fingerprint density at radius 3 is 2.42 bits per heavy atom. The zero-order chi connectivity index (χ0) is 13.8. The molecule has 0 saturated carbocycles. The first-order chi connectivity index (χ1) is 9.10. The molecule has 2 rings (SSSR count). The lowest BCUT2D eigenvalue weighted by Crippen LogP contribution is -2.00. The molecule has 0 aromatic heterocycles. The van der Waals surface area contributed by atoms with E-state index in [2.05, 4.69) is 4.74 Å². The number of phenols is 1. The number of rotatable bonds is 3. The predicted molar refractivity (Wildman–Crippen MR) is 74.7 cm³/mol. The average molecular weight is 274 g/mol. The van der Waals surface area contributed by atoms with Crippen molar-refractivity contribution in [2.75, 3.05) is 7.11 Å². The maximum Gasteiger partial charge on any atom is 0.337 e. The minimum Gasteiger partial charge on any atom is -0.508 e. The van der Waals surface area contributed by atoms with Gasteiger partial charge in [-0.25, -0.2) is 4.79 Å². The maximum absolute atomic E-state index is 11.3. The molecule has 0 aliphatic rings. The molecule has 0 bridgehead atoms. The molecule has 19 heavy (non-hydrogen) atoms. The molecular formula is C15H14O3S. The molecule has 0 saturated heterocycles. The second kappa shape index (κ2) is 5.80. The summed E-state index contributed by atoms with van der Waals surface area (Å²) in [5, 5.41) is 9.37. The summed E-state index contributed by atoms with van der Waals surface area (Å²) in [6, 6.07) is 12.5. The van der Waals surface area contributed by atoms with Crippen LogP contribution in [0.25, 0.3) is 0 Å². The maximum atomic E-state index is 11.3. The number of carbonyl (C=O) groups is 1. The molecule has 0 spiro atoms. The number of esters is 1. The van der Waals surface area contributed by atoms with Gasteiger partial charge in [-0.3, -0.25) is 0 Å². The van der Waals surface area contributed by atoms with Crippen LogP contribution in [0.2, 0.25) is 0 Å². The molecule has 0 radical (unpaired) electrons. The molecule has 2 aromatic carbocycles. The Hall–Kier alpha value is -1.94. The van der Waals surface area contributed by atoms with Crippen LogP contribution in [0.1, 0.15) is 15.9 Å². The Balaban J connectivity index is 2.17. The lowest BCUT2D eigenvalue weighted by atomic mass is 10.2. The van der Waals surface area contributed by atoms with E-state index >= 15 is 0 Å². The first-order valence-electron chi connectivity index (χ1n) is 5.76. The third-order valence-corrected chi connectivity index (χ3v) is 3.85. The average Bonchev–Trinajstić information content (AvgIpc) is 2.42. The number of methoxy groups -OCH3 is 1. The number of carbonyl (C=O) groups excluding carboxylic acids is 1. The van der Waals surface area contributed by atoms with Crippen molar-refractivity contribution in [3.63, 3.8) is 0 Å². The lowest BCUT2D eigenvalue weighted by Gasteiger charge is -2.06. The standard InChI is InChI=1S/C15H14O3S/c1-10-9-12(16)5-8-14(10)19-13-6-3-11(4-7-13)15(17)18-2/h3-9,16H,1-2H3. The largest absolute Gasteiger partial charge is 0.508 e. The smallest absolute Gasteiger partial charge is 0.337 e. The van der Waals surface area contributed by atoms with E-state index in [0.717, 1.165) is 15.4 Å². The van der Waals surface area contributed by atoms with Gasteiger partial charge in [0.2, 0.25) is 0 Å². The lowest BCUT2D eigenvalue weighted by molar-refractivity contribution is 0.0600. The van der Waals surface area contributed by atoms with Gasteiger partial charge >= 0.3 is 5.97 Å². The first-order valence-corrected chi connectivity index (χ1v) is 6.57. The number of aryl methyl sites for hydroxylation is 1. The summed E-state index contributed by atoms with van der Waals surface area (Å²) in [7, 11) is 1.37. The van der Waals surface area contributed by atoms with E-state index in [4.69, 9.17) is 0 Å². The van der Waals surface area contributed by atoms with Gasteiger partial charge in [0.25, 0.3) is 0 Å². The van der Waals surface area contributed by atoms with Crippen molar-refractivity contribution in [2.24, 2.45) is 0 Å². The van der Waals surface area contributed by atoms with Crippen LogP contribution < -0.4 is 0 Å². The molecule has 0 amide bonds. The Bertz CT molecular complexity index is 591. The molecule has 0 aliphatic heterocycles. The Morgan fingerprint density at radius 1 is 1.16 bits per heavy atom. The molecule has 98 valence electrons. The van der Waals surface area contributed by atoms with Gasteiger partial charge < -0.3 is 9.84 Å². The van der Waals surface area contributed by atoms with Crippen LogP contribution in [0, 0.1) is 6.92 Å². The van der Waals surface area contributed by atoms with Crippen LogP contribution in [-0.2, 0) is 4.74 Å². The molecular weight excluding hydrogens is 260 g/mol. The molecule has 0 heterocycles. The van der Waals surface area contributed by atoms with Crippen LogP contribution in [-0.4, -0.2) is 18.2 Å². The van der Waals surface area contributed by atoms with E-state index < -0.39 is 0 Å². The second-order valence-corrected chi connectivity index (χ2v) is 5.18. The summed E-state index contributed by atoms with van der Waals surface area (Å²) in [5.74, 6) is -0.0692. The highest BCUT2D eigenvalue weighted by Crippen LogP contribution is 2.32. The fourth-order valence-electron chi connectivity index (χ4n) is 1.65. The number of aromatic hydroxyl groups is 1. The number of hydrogen-bond donors (Lipinski definition) is 1. The Kier molecular flexibility index (Phi) is 4.12. The van der Waals surface area contributed by atoms with Gasteiger partial charge in [-0.15, -0.1) is 0 Å². The van der Waals surface area contributed by atoms with Gasteiger partial charge in [-0.2, -0.15) is 0 Å². The van der Waals surface area contributed by atoms with Gasteiger partial charge in [0.05, 0.1) is 12.7 Å². The zero-order valence-corrected chi connectivity index (χ0v) is 11.5. The Labute approximate surface area is 116 Å². The van der Waals surface area contributed by atoms with Gasteiger partial charge in [-0.05, 0) is 55.0 Å². The van der Waals surface area contributed by atoms with Crippen LogP contribution >= 0.6 is 11.8 Å². The van der Waals surface area contributed by atoms with Crippen molar-refractivity contribution in [2.45, 2.75) is 16.7 Å². The Morgan fingerprint density at radius 2 is 1.84 bits per heavy atom. The molecule has 2 aromatic rings. The van der Waals surface area contributed by atoms with E-state index in [-0.39, 0.29) is 11.7 Å². The van der Waals surface area contributed by atoms with Crippen molar-refractivity contribution in [3.8, 4) is 5.75 Å². The molecule has 0 unspecified atom stereocenters. The highest BCUT2D eigenvalue weighted by molar-refractivity contribution is 7.99. The van der Waals surface area contributed by atoms with E-state index in [1.807, 2.05) is 25.1 Å². The number of ether oxygens (including phenoxy) is 1. The van der Waals surface area contributed by atoms with Crippen molar-refractivity contribution in [3.05, 3.63) is 53.6 Å². The van der Waals surface area contributed by atoms with Crippen molar-refractivity contribution < 1.29 is 14.6 Å². The summed E-state index contributed by atoms with van der Waals surface area (Å²) in [4.78, 5) is 13.4. The van der Waals surface area contributed by atoms with E-state index in [1.165, 1.54) is 7.11 Å². The summed E-state index contributed by atoms with van der Waals surface area (Å²) in [5.41, 5.74) is 1.55. The fourth-order valence-corrected chi connectivity index (χ4v) is 2.53. The number of benzene rings is 2. The molecule has 0 atom stereocenters. The molecule has 0 aliphatic carbocycles. The minimum absolute atomic E-state index is 0.267. The SMILES string of the molecule is COC(=O)c1ccc(Sc2ccc(O)cc2C)cc1. The van der Waals surface area contributed by atoms with Gasteiger partial charge in [-0.1, -0.05) is 11.8 Å². The summed E-state index contributed by atoms with van der Waals surface area (Å²) < 4.78 is 4.65. The van der Waals surface area contributed by atoms with Crippen LogP contribution in [0.3, 0.4) is 0 Å². The topological polar surface area (TPSA) is 46.5 Å². The highest BCUT2D eigenvalue weighted by Gasteiger charge is 2.06. The monoisotopic (exact) mass is 274 g/mol. The van der Waals surface area contributed by atoms with Crippen LogP contribution in [0.5, 0.6) is 5.75 Å². The van der Waals surface area contributed by atoms with E-state index in [1.54, 1.807) is 36.0 Å². The third kappa shape index (κ3) is 3.29. The first kappa shape index (κ1) is 13.5. The van der Waals surface area contributed by atoms with Crippen molar-refractivity contribution in [1.29, 1.82) is 0 Å². The quantitative estimate of drug-likeness (QED) is 0.868. The fraction of sp³-hybridized carbons (Fsp3) is 0.133. The highest BCUT2D eigenvalue weighted by atomic mass is 32.2. The second-order valence-electron chi connectivity index (χ2n) is 4.07. The minimum atomic E-state index is -0.336. The van der Waals surface area contributed by atoms with Gasteiger partial charge in [0.15, 0.2) is 0 Å². The summed E-state index contributed by atoms with van der Waals surface area (Å²) in [6.07, 6.45) is 0.